The lowest BCUT2D eigenvalue weighted by Gasteiger charge is -2.35. The second-order valence-electron chi connectivity index (χ2n) is 4.90. The monoisotopic (exact) mass is 268 g/mol. The molecule has 4 heteroatoms. The fourth-order valence-corrected chi connectivity index (χ4v) is 3.04. The highest BCUT2D eigenvalue weighted by Gasteiger charge is 2.29. The van der Waals surface area contributed by atoms with Gasteiger partial charge in [-0.1, -0.05) is 18.5 Å². The van der Waals surface area contributed by atoms with Crippen molar-refractivity contribution in [1.29, 1.82) is 0 Å². The summed E-state index contributed by atoms with van der Waals surface area (Å²) in [5, 5.41) is 0.757. The zero-order chi connectivity index (χ0) is 12.0. The standard InChI is InChI=1S/C13H14Cl2N2/c1-8-4-10(5-8)17-12-6-9(15)2-3-11(12)16-13(17)7-14/h2-3,6,8,10H,4-5,7H2,1H3. The van der Waals surface area contributed by atoms with E-state index >= 15 is 0 Å². The van der Waals surface area contributed by atoms with Crippen molar-refractivity contribution in [2.45, 2.75) is 31.7 Å². The van der Waals surface area contributed by atoms with Crippen LogP contribution in [0, 0.1) is 5.92 Å². The summed E-state index contributed by atoms with van der Waals surface area (Å²) in [7, 11) is 0. The first-order chi connectivity index (χ1) is 8.19. The van der Waals surface area contributed by atoms with Gasteiger partial charge < -0.3 is 4.57 Å². The number of aromatic nitrogens is 2. The van der Waals surface area contributed by atoms with Crippen LogP contribution in [0.2, 0.25) is 5.02 Å². The fourth-order valence-electron chi connectivity index (χ4n) is 2.69. The Balaban J connectivity index is 2.15. The van der Waals surface area contributed by atoms with Crippen molar-refractivity contribution < 1.29 is 0 Å². The molecule has 17 heavy (non-hydrogen) atoms. The van der Waals surface area contributed by atoms with Crippen molar-refractivity contribution >= 4 is 34.2 Å². The summed E-state index contributed by atoms with van der Waals surface area (Å²) in [5.41, 5.74) is 2.11. The minimum absolute atomic E-state index is 0.456. The zero-order valence-electron chi connectivity index (χ0n) is 9.66. The Morgan fingerprint density at radius 2 is 2.18 bits per heavy atom. The lowest BCUT2D eigenvalue weighted by Crippen LogP contribution is -2.25. The minimum Gasteiger partial charge on any atom is -0.324 e. The summed E-state index contributed by atoms with van der Waals surface area (Å²) in [6.45, 7) is 2.28. The number of halogens is 2. The van der Waals surface area contributed by atoms with Crippen molar-refractivity contribution in [1.82, 2.24) is 9.55 Å². The van der Waals surface area contributed by atoms with Crippen LogP contribution in [0.15, 0.2) is 18.2 Å². The van der Waals surface area contributed by atoms with E-state index in [1.165, 1.54) is 12.8 Å². The molecular formula is C13H14Cl2N2. The first kappa shape index (κ1) is 11.4. The van der Waals surface area contributed by atoms with Gasteiger partial charge in [-0.25, -0.2) is 4.98 Å². The van der Waals surface area contributed by atoms with E-state index in [1.54, 1.807) is 0 Å². The molecule has 2 nitrogen and oxygen atoms in total. The molecule has 1 saturated carbocycles. The summed E-state index contributed by atoms with van der Waals surface area (Å²) in [5.74, 6) is 2.22. The topological polar surface area (TPSA) is 17.8 Å². The van der Waals surface area contributed by atoms with E-state index in [-0.39, 0.29) is 0 Å². The largest absolute Gasteiger partial charge is 0.324 e. The number of nitrogens with zero attached hydrogens (tertiary/aromatic N) is 2. The second-order valence-corrected chi connectivity index (χ2v) is 5.60. The number of alkyl halides is 1. The Labute approximate surface area is 111 Å². The molecule has 0 N–H and O–H groups in total. The van der Waals surface area contributed by atoms with E-state index in [2.05, 4.69) is 16.5 Å². The Morgan fingerprint density at radius 1 is 1.41 bits per heavy atom. The number of hydrogen-bond donors (Lipinski definition) is 0. The molecule has 0 amide bonds. The Bertz CT molecular complexity index is 556. The van der Waals surface area contributed by atoms with Crippen LogP contribution >= 0.6 is 23.2 Å². The second kappa shape index (κ2) is 4.18. The highest BCUT2D eigenvalue weighted by atomic mass is 35.5. The van der Waals surface area contributed by atoms with Crippen LogP contribution in [0.4, 0.5) is 0 Å². The summed E-state index contributed by atoms with van der Waals surface area (Å²) in [6, 6.07) is 6.37. The lowest BCUT2D eigenvalue weighted by atomic mass is 9.81. The molecule has 1 aromatic carbocycles. The highest BCUT2D eigenvalue weighted by Crippen LogP contribution is 2.40. The van der Waals surface area contributed by atoms with Gasteiger partial charge >= 0.3 is 0 Å². The summed E-state index contributed by atoms with van der Waals surface area (Å²) in [6.07, 6.45) is 2.42. The van der Waals surface area contributed by atoms with Crippen LogP contribution in [-0.4, -0.2) is 9.55 Å². The number of hydrogen-bond acceptors (Lipinski definition) is 1. The third kappa shape index (κ3) is 1.84. The zero-order valence-corrected chi connectivity index (χ0v) is 11.2. The van der Waals surface area contributed by atoms with Gasteiger partial charge in [0.05, 0.1) is 16.9 Å². The molecule has 3 rings (SSSR count). The molecule has 0 spiro atoms. The lowest BCUT2D eigenvalue weighted by molar-refractivity contribution is 0.217. The fraction of sp³-hybridized carbons (Fsp3) is 0.462. The first-order valence-corrected chi connectivity index (χ1v) is 6.82. The molecule has 1 fully saturated rings. The van der Waals surface area contributed by atoms with Gasteiger partial charge in [0, 0.05) is 11.1 Å². The minimum atomic E-state index is 0.456. The smallest absolute Gasteiger partial charge is 0.125 e. The number of rotatable bonds is 2. The Kier molecular flexibility index (Phi) is 2.80. The third-order valence-electron chi connectivity index (χ3n) is 3.56. The number of imidazole rings is 1. The van der Waals surface area contributed by atoms with E-state index in [9.17, 15) is 0 Å². The molecule has 0 atom stereocenters. The normalized spacial score (nSPS) is 23.9. The van der Waals surface area contributed by atoms with Crippen molar-refractivity contribution in [2.24, 2.45) is 5.92 Å². The van der Waals surface area contributed by atoms with Gasteiger partial charge in [0.15, 0.2) is 0 Å². The van der Waals surface area contributed by atoms with E-state index in [0.29, 0.717) is 11.9 Å². The molecule has 0 saturated heterocycles. The molecule has 0 aliphatic heterocycles. The summed E-state index contributed by atoms with van der Waals surface area (Å²) in [4.78, 5) is 4.57. The van der Waals surface area contributed by atoms with Crippen LogP contribution in [0.5, 0.6) is 0 Å². The van der Waals surface area contributed by atoms with Gasteiger partial charge in [-0.3, -0.25) is 0 Å². The molecule has 1 aliphatic rings. The molecule has 90 valence electrons. The molecule has 2 aromatic rings. The molecule has 0 bridgehead atoms. The van der Waals surface area contributed by atoms with E-state index < -0.39 is 0 Å². The van der Waals surface area contributed by atoms with Crippen LogP contribution in [0.1, 0.15) is 31.6 Å². The average Bonchev–Trinajstić information content (AvgIpc) is 2.62. The summed E-state index contributed by atoms with van der Waals surface area (Å²) < 4.78 is 2.27. The van der Waals surface area contributed by atoms with Crippen LogP contribution in [0.3, 0.4) is 0 Å². The Morgan fingerprint density at radius 3 is 2.82 bits per heavy atom. The maximum Gasteiger partial charge on any atom is 0.125 e. The highest BCUT2D eigenvalue weighted by molar-refractivity contribution is 6.31. The van der Waals surface area contributed by atoms with Crippen molar-refractivity contribution in [2.75, 3.05) is 0 Å². The maximum atomic E-state index is 6.06. The quantitative estimate of drug-likeness (QED) is 0.739. The van der Waals surface area contributed by atoms with Crippen molar-refractivity contribution in [3.8, 4) is 0 Å². The van der Waals surface area contributed by atoms with Crippen molar-refractivity contribution in [3.05, 3.63) is 29.0 Å². The number of fused-ring (bicyclic) bond motifs is 1. The molecule has 1 aliphatic carbocycles. The molecule has 1 aromatic heterocycles. The van der Waals surface area contributed by atoms with E-state index in [4.69, 9.17) is 23.2 Å². The average molecular weight is 269 g/mol. The van der Waals surface area contributed by atoms with Gasteiger partial charge in [-0.2, -0.15) is 0 Å². The molecule has 0 radical (unpaired) electrons. The summed E-state index contributed by atoms with van der Waals surface area (Å²) >= 11 is 12.1. The number of benzene rings is 1. The van der Waals surface area contributed by atoms with Gasteiger partial charge in [-0.05, 0) is 37.0 Å². The molecule has 0 unspecified atom stereocenters. The van der Waals surface area contributed by atoms with Gasteiger partial charge in [0.1, 0.15) is 5.82 Å². The molecule has 1 heterocycles. The maximum absolute atomic E-state index is 6.06. The van der Waals surface area contributed by atoms with Crippen LogP contribution in [-0.2, 0) is 5.88 Å². The van der Waals surface area contributed by atoms with E-state index in [0.717, 1.165) is 27.8 Å². The van der Waals surface area contributed by atoms with Crippen LogP contribution in [0.25, 0.3) is 11.0 Å². The van der Waals surface area contributed by atoms with Crippen LogP contribution < -0.4 is 0 Å². The first-order valence-electron chi connectivity index (χ1n) is 5.91. The van der Waals surface area contributed by atoms with Crippen molar-refractivity contribution in [3.63, 3.8) is 0 Å². The SMILES string of the molecule is CC1CC(n2c(CCl)nc3ccc(Cl)cc32)C1. The Hall–Kier alpha value is -0.730. The third-order valence-corrected chi connectivity index (χ3v) is 4.03. The van der Waals surface area contributed by atoms with Gasteiger partial charge in [0.2, 0.25) is 0 Å². The van der Waals surface area contributed by atoms with Gasteiger partial charge in [-0.15, -0.1) is 11.6 Å². The van der Waals surface area contributed by atoms with E-state index in [1.807, 2.05) is 18.2 Å². The predicted molar refractivity (Wildman–Crippen MR) is 71.7 cm³/mol. The molecular weight excluding hydrogens is 255 g/mol. The van der Waals surface area contributed by atoms with Gasteiger partial charge in [0.25, 0.3) is 0 Å². The predicted octanol–water partition coefficient (Wildman–Crippen LogP) is 4.40.